The molecule has 0 fully saturated rings. The molecule has 0 saturated carbocycles. The van der Waals surface area contributed by atoms with Gasteiger partial charge >= 0.3 is 5.97 Å². The fourth-order valence-corrected chi connectivity index (χ4v) is 0.724. The smallest absolute Gasteiger partial charge is 0.330 e. The lowest BCUT2D eigenvalue weighted by atomic mass is 10.2. The monoisotopic (exact) mass is 186 g/mol. The van der Waals surface area contributed by atoms with Crippen molar-refractivity contribution >= 4 is 5.97 Å². The molecular weight excluding hydrogens is 168 g/mol. The zero-order valence-corrected chi connectivity index (χ0v) is 8.54. The lowest BCUT2D eigenvalue weighted by Crippen LogP contribution is -2.22. The molecule has 0 atom stereocenters. The zero-order chi connectivity index (χ0) is 10.3. The molecule has 3 nitrogen and oxygen atoms in total. The lowest BCUT2D eigenvalue weighted by molar-refractivity contribution is -0.148. The van der Waals surface area contributed by atoms with E-state index in [0.717, 1.165) is 0 Å². The van der Waals surface area contributed by atoms with Crippen LogP contribution in [0.25, 0.3) is 0 Å². The minimum atomic E-state index is -0.432. The van der Waals surface area contributed by atoms with E-state index in [4.69, 9.17) is 9.84 Å². The van der Waals surface area contributed by atoms with Crippen LogP contribution in [0, 0.1) is 0 Å². The molecule has 0 amide bonds. The van der Waals surface area contributed by atoms with Crippen molar-refractivity contribution in [3.8, 4) is 0 Å². The van der Waals surface area contributed by atoms with Crippen LogP contribution in [0.4, 0.5) is 0 Å². The first-order valence-electron chi connectivity index (χ1n) is 4.46. The summed E-state index contributed by atoms with van der Waals surface area (Å²) >= 11 is 0. The van der Waals surface area contributed by atoms with E-state index in [0.29, 0.717) is 12.8 Å². The highest BCUT2D eigenvalue weighted by Gasteiger charge is 2.13. The van der Waals surface area contributed by atoms with Gasteiger partial charge in [-0.3, -0.25) is 0 Å². The lowest BCUT2D eigenvalue weighted by Gasteiger charge is -2.17. The fraction of sp³-hybridized carbons (Fsp3) is 0.700. The van der Waals surface area contributed by atoms with Gasteiger partial charge in [-0.05, 0) is 33.6 Å². The molecule has 0 heterocycles. The van der Waals surface area contributed by atoms with E-state index in [2.05, 4.69) is 0 Å². The van der Waals surface area contributed by atoms with E-state index in [9.17, 15) is 4.79 Å². The summed E-state index contributed by atoms with van der Waals surface area (Å²) in [4.78, 5) is 11.1. The van der Waals surface area contributed by atoms with Gasteiger partial charge in [0.15, 0.2) is 0 Å². The molecule has 0 aliphatic rings. The SMILES string of the molecule is CC(C)(C)OC(=O)/C=C/CCCO. The molecule has 0 aromatic rings. The number of carbonyl (C=O) groups is 1. The zero-order valence-electron chi connectivity index (χ0n) is 8.54. The summed E-state index contributed by atoms with van der Waals surface area (Å²) in [6.45, 7) is 5.63. The maximum atomic E-state index is 11.1. The van der Waals surface area contributed by atoms with Crippen LogP contribution in [0.2, 0.25) is 0 Å². The maximum Gasteiger partial charge on any atom is 0.330 e. The van der Waals surface area contributed by atoms with E-state index < -0.39 is 5.60 Å². The Morgan fingerprint density at radius 1 is 1.46 bits per heavy atom. The quantitative estimate of drug-likeness (QED) is 0.412. The first-order chi connectivity index (χ1) is 5.95. The molecular formula is C10H18O3. The van der Waals surface area contributed by atoms with Crippen LogP contribution in [0.15, 0.2) is 12.2 Å². The number of ether oxygens (including phenoxy) is 1. The van der Waals surface area contributed by atoms with Gasteiger partial charge in [0.1, 0.15) is 5.60 Å². The third-order valence-electron chi connectivity index (χ3n) is 1.19. The number of unbranched alkanes of at least 4 members (excludes halogenated alkanes) is 1. The van der Waals surface area contributed by atoms with Crippen molar-refractivity contribution < 1.29 is 14.6 Å². The third-order valence-corrected chi connectivity index (χ3v) is 1.19. The van der Waals surface area contributed by atoms with Gasteiger partial charge in [-0.2, -0.15) is 0 Å². The Balaban J connectivity index is 3.68. The van der Waals surface area contributed by atoms with Gasteiger partial charge in [0, 0.05) is 12.7 Å². The van der Waals surface area contributed by atoms with E-state index in [-0.39, 0.29) is 12.6 Å². The Kier molecular flexibility index (Phi) is 5.39. The summed E-state index contributed by atoms with van der Waals surface area (Å²) in [7, 11) is 0. The highest BCUT2D eigenvalue weighted by Crippen LogP contribution is 2.07. The number of esters is 1. The second-order valence-electron chi connectivity index (χ2n) is 3.80. The van der Waals surface area contributed by atoms with Crippen molar-refractivity contribution in [2.24, 2.45) is 0 Å². The van der Waals surface area contributed by atoms with Crippen LogP contribution in [0.1, 0.15) is 33.6 Å². The number of aliphatic hydroxyl groups is 1. The van der Waals surface area contributed by atoms with Crippen LogP contribution in [0.5, 0.6) is 0 Å². The van der Waals surface area contributed by atoms with E-state index in [1.54, 1.807) is 6.08 Å². The topological polar surface area (TPSA) is 46.5 Å². The van der Waals surface area contributed by atoms with Gasteiger partial charge in [0.2, 0.25) is 0 Å². The van der Waals surface area contributed by atoms with Gasteiger partial charge in [-0.15, -0.1) is 0 Å². The van der Waals surface area contributed by atoms with Gasteiger partial charge < -0.3 is 9.84 Å². The molecule has 13 heavy (non-hydrogen) atoms. The first kappa shape index (κ1) is 12.2. The second kappa shape index (κ2) is 5.75. The molecule has 0 aromatic heterocycles. The average Bonchev–Trinajstić information content (AvgIpc) is 1.94. The standard InChI is InChI=1S/C10H18O3/c1-10(2,3)13-9(12)7-5-4-6-8-11/h5,7,11H,4,6,8H2,1-3H3/b7-5+. The summed E-state index contributed by atoms with van der Waals surface area (Å²) in [5.41, 5.74) is -0.432. The molecule has 0 rings (SSSR count). The Morgan fingerprint density at radius 3 is 2.54 bits per heavy atom. The molecule has 0 aliphatic carbocycles. The Bertz CT molecular complexity index is 177. The number of hydrogen-bond donors (Lipinski definition) is 1. The fourth-order valence-electron chi connectivity index (χ4n) is 0.724. The van der Waals surface area contributed by atoms with Crippen molar-refractivity contribution in [1.82, 2.24) is 0 Å². The Labute approximate surface area is 79.4 Å². The second-order valence-corrected chi connectivity index (χ2v) is 3.80. The summed E-state index contributed by atoms with van der Waals surface area (Å²) in [5.74, 6) is -0.328. The van der Waals surface area contributed by atoms with Crippen LogP contribution in [-0.2, 0) is 9.53 Å². The average molecular weight is 186 g/mol. The number of hydrogen-bond acceptors (Lipinski definition) is 3. The van der Waals surface area contributed by atoms with Crippen LogP contribution < -0.4 is 0 Å². The molecule has 0 unspecified atom stereocenters. The highest BCUT2D eigenvalue weighted by molar-refractivity contribution is 5.82. The van der Waals surface area contributed by atoms with Crippen molar-refractivity contribution in [2.45, 2.75) is 39.2 Å². The van der Waals surface area contributed by atoms with Crippen molar-refractivity contribution in [3.05, 3.63) is 12.2 Å². The first-order valence-corrected chi connectivity index (χ1v) is 4.46. The van der Waals surface area contributed by atoms with Crippen LogP contribution in [-0.4, -0.2) is 23.3 Å². The number of aliphatic hydroxyl groups excluding tert-OH is 1. The predicted molar refractivity (Wildman–Crippen MR) is 51.3 cm³/mol. The molecule has 0 bridgehead atoms. The molecule has 3 heteroatoms. The van der Waals surface area contributed by atoms with Gasteiger partial charge in [0.05, 0.1) is 0 Å². The van der Waals surface area contributed by atoms with Gasteiger partial charge in [-0.25, -0.2) is 4.79 Å². The van der Waals surface area contributed by atoms with Crippen LogP contribution in [0.3, 0.4) is 0 Å². The third kappa shape index (κ3) is 9.08. The summed E-state index contributed by atoms with van der Waals surface area (Å²) in [5, 5.41) is 8.47. The molecule has 1 N–H and O–H groups in total. The van der Waals surface area contributed by atoms with E-state index in [1.165, 1.54) is 6.08 Å². The molecule has 76 valence electrons. The van der Waals surface area contributed by atoms with Gasteiger partial charge in [0.25, 0.3) is 0 Å². The maximum absolute atomic E-state index is 11.1. The number of allylic oxidation sites excluding steroid dienone is 1. The largest absolute Gasteiger partial charge is 0.457 e. The van der Waals surface area contributed by atoms with Crippen LogP contribution >= 0.6 is 0 Å². The normalized spacial score (nSPS) is 12.0. The van der Waals surface area contributed by atoms with E-state index >= 15 is 0 Å². The number of carbonyl (C=O) groups excluding carboxylic acids is 1. The molecule has 0 saturated heterocycles. The summed E-state index contributed by atoms with van der Waals surface area (Å²) in [6, 6.07) is 0. The minimum absolute atomic E-state index is 0.151. The highest BCUT2D eigenvalue weighted by atomic mass is 16.6. The van der Waals surface area contributed by atoms with Gasteiger partial charge in [-0.1, -0.05) is 6.08 Å². The van der Waals surface area contributed by atoms with Crippen molar-refractivity contribution in [2.75, 3.05) is 6.61 Å². The van der Waals surface area contributed by atoms with Crippen molar-refractivity contribution in [1.29, 1.82) is 0 Å². The van der Waals surface area contributed by atoms with E-state index in [1.807, 2.05) is 20.8 Å². The predicted octanol–water partition coefficient (Wildman–Crippen LogP) is 1.66. The molecule has 0 spiro atoms. The molecule has 0 aromatic carbocycles. The molecule has 0 aliphatic heterocycles. The molecule has 0 radical (unpaired) electrons. The summed E-state index contributed by atoms with van der Waals surface area (Å²) < 4.78 is 5.03. The van der Waals surface area contributed by atoms with Crippen molar-refractivity contribution in [3.63, 3.8) is 0 Å². The minimum Gasteiger partial charge on any atom is -0.457 e. The number of rotatable bonds is 4. The Morgan fingerprint density at radius 2 is 2.08 bits per heavy atom. The summed E-state index contributed by atoms with van der Waals surface area (Å²) in [6.07, 6.45) is 4.50. The Hall–Kier alpha value is -0.830.